The molecule has 1 aromatic rings. The van der Waals surface area contributed by atoms with E-state index in [9.17, 15) is 36.0 Å². The fraction of sp³-hybridized carbons (Fsp3) is 0.522. The predicted octanol–water partition coefficient (Wildman–Crippen LogP) is 4.55. The van der Waals surface area contributed by atoms with Crippen molar-refractivity contribution in [3.63, 3.8) is 0 Å². The van der Waals surface area contributed by atoms with Gasteiger partial charge in [0.05, 0.1) is 27.8 Å². The maximum atomic E-state index is 13.4. The first-order valence-electron chi connectivity index (χ1n) is 10.9. The van der Waals surface area contributed by atoms with Gasteiger partial charge in [-0.3, -0.25) is 14.3 Å². The number of halogens is 3. The van der Waals surface area contributed by atoms with E-state index in [1.165, 1.54) is 26.8 Å². The molecule has 36 heavy (non-hydrogen) atoms. The molecule has 1 amide bonds. The molecule has 1 aliphatic heterocycles. The number of alkyl halides is 3. The van der Waals surface area contributed by atoms with E-state index in [-0.39, 0.29) is 34.7 Å². The number of amides is 1. The van der Waals surface area contributed by atoms with Crippen LogP contribution in [0.15, 0.2) is 24.0 Å². The fourth-order valence-electron chi connectivity index (χ4n) is 2.88. The maximum absolute atomic E-state index is 13.4. The average molecular weight is 535 g/mol. The van der Waals surface area contributed by atoms with Crippen molar-refractivity contribution in [3.05, 3.63) is 29.5 Å². The Morgan fingerprint density at radius 3 is 2.03 bits per heavy atom. The minimum absolute atomic E-state index is 0.0131. The van der Waals surface area contributed by atoms with Gasteiger partial charge in [-0.2, -0.15) is 13.2 Å². The van der Waals surface area contributed by atoms with Crippen LogP contribution in [0.3, 0.4) is 0 Å². The summed E-state index contributed by atoms with van der Waals surface area (Å²) in [7, 11) is -4.82. The Kier molecular flexibility index (Phi) is 7.90. The summed E-state index contributed by atoms with van der Waals surface area (Å²) in [5, 5.41) is 0.612. The van der Waals surface area contributed by atoms with Gasteiger partial charge in [0.1, 0.15) is 5.76 Å². The summed E-state index contributed by atoms with van der Waals surface area (Å²) >= 11 is 0. The van der Waals surface area contributed by atoms with Crippen molar-refractivity contribution < 1.29 is 45.5 Å². The number of carbonyl (C=O) groups excluding carboxylic acids is 3. The normalized spacial score (nSPS) is 15.9. The first-order valence-corrected chi connectivity index (χ1v) is 12.6. The van der Waals surface area contributed by atoms with Gasteiger partial charge in [0.15, 0.2) is 5.75 Å². The van der Waals surface area contributed by atoms with Crippen molar-refractivity contribution >= 4 is 44.8 Å². The standard InChI is InChI=1S/C23H29F3N2O7S/c1-8-16(34-19(30)21(2,3)4)17-14-10-9-13(27-36(32,33)12-23(24,25)26)11-15(14)28(18(17)29)35-20(31)22(5,6)7/h9-11,27H,8,12H2,1-7H3/b17-16-. The van der Waals surface area contributed by atoms with Gasteiger partial charge in [-0.05, 0) is 59.7 Å². The number of nitrogens with one attached hydrogen (secondary N) is 1. The van der Waals surface area contributed by atoms with Crippen LogP contribution in [0, 0.1) is 10.8 Å². The lowest BCUT2D eigenvalue weighted by Gasteiger charge is -2.22. The van der Waals surface area contributed by atoms with E-state index in [0.717, 1.165) is 12.1 Å². The molecule has 0 unspecified atom stereocenters. The Labute approximate surface area is 207 Å². The largest absolute Gasteiger partial charge is 0.430 e. The molecule has 0 radical (unpaired) electrons. The molecule has 0 saturated carbocycles. The van der Waals surface area contributed by atoms with Gasteiger partial charge in [-0.25, -0.2) is 13.2 Å². The number of carbonyl (C=O) groups is 3. The second-order valence-electron chi connectivity index (χ2n) is 10.2. The third-order valence-corrected chi connectivity index (χ3v) is 5.98. The van der Waals surface area contributed by atoms with Gasteiger partial charge >= 0.3 is 18.1 Å². The molecular formula is C23H29F3N2O7S. The Bertz CT molecular complexity index is 1210. The van der Waals surface area contributed by atoms with Crippen molar-refractivity contribution in [2.75, 3.05) is 15.5 Å². The van der Waals surface area contributed by atoms with Crippen LogP contribution >= 0.6 is 0 Å². The van der Waals surface area contributed by atoms with E-state index in [1.54, 1.807) is 32.4 Å². The summed E-state index contributed by atoms with van der Waals surface area (Å²) in [5.41, 5.74) is -2.31. The van der Waals surface area contributed by atoms with E-state index >= 15 is 0 Å². The molecule has 0 fully saturated rings. The number of anilines is 2. The molecule has 1 aromatic carbocycles. The molecule has 1 heterocycles. The molecule has 200 valence electrons. The molecule has 9 nitrogen and oxygen atoms in total. The van der Waals surface area contributed by atoms with Crippen LogP contribution < -0.4 is 9.79 Å². The molecule has 0 aliphatic carbocycles. The lowest BCUT2D eigenvalue weighted by Crippen LogP contribution is -2.35. The van der Waals surface area contributed by atoms with Crippen LogP contribution in [0.25, 0.3) is 5.57 Å². The Hall–Kier alpha value is -3.09. The first-order chi connectivity index (χ1) is 16.2. The van der Waals surface area contributed by atoms with Crippen LogP contribution in [0.5, 0.6) is 0 Å². The molecule has 13 heteroatoms. The Balaban J connectivity index is 2.63. The van der Waals surface area contributed by atoms with Gasteiger partial charge in [-0.15, -0.1) is 5.06 Å². The second kappa shape index (κ2) is 9.75. The van der Waals surface area contributed by atoms with Crippen molar-refractivity contribution in [3.8, 4) is 0 Å². The summed E-state index contributed by atoms with van der Waals surface area (Å²) in [6, 6.07) is 3.47. The SMILES string of the molecule is CC/C(OC(=O)C(C)(C)C)=C1/C(=O)N(OC(=O)C(C)(C)C)c2cc(NS(=O)(=O)CC(F)(F)F)ccc21. The molecule has 0 saturated heterocycles. The highest BCUT2D eigenvalue weighted by atomic mass is 32.2. The van der Waals surface area contributed by atoms with Crippen LogP contribution in [0.2, 0.25) is 0 Å². The molecule has 1 aliphatic rings. The highest BCUT2D eigenvalue weighted by Gasteiger charge is 2.41. The zero-order valence-corrected chi connectivity index (χ0v) is 21.8. The number of nitrogens with zero attached hydrogens (tertiary/aromatic N) is 1. The number of ether oxygens (including phenoxy) is 1. The number of hydrogen-bond donors (Lipinski definition) is 1. The number of esters is 1. The van der Waals surface area contributed by atoms with Crippen molar-refractivity contribution in [1.29, 1.82) is 0 Å². The third-order valence-electron chi connectivity index (χ3n) is 4.73. The molecule has 0 bridgehead atoms. The van der Waals surface area contributed by atoms with E-state index in [0.29, 0.717) is 5.06 Å². The second-order valence-corrected chi connectivity index (χ2v) is 12.0. The summed E-state index contributed by atoms with van der Waals surface area (Å²) in [4.78, 5) is 43.7. The van der Waals surface area contributed by atoms with Crippen LogP contribution in [-0.2, 0) is 34.0 Å². The highest BCUT2D eigenvalue weighted by Crippen LogP contribution is 2.42. The average Bonchev–Trinajstić information content (AvgIpc) is 2.93. The number of hydroxylamine groups is 1. The smallest absolute Gasteiger partial charge is 0.404 e. The van der Waals surface area contributed by atoms with Crippen LogP contribution in [0.4, 0.5) is 24.5 Å². The topological polar surface area (TPSA) is 119 Å². The van der Waals surface area contributed by atoms with E-state index < -0.39 is 50.6 Å². The zero-order chi connectivity index (χ0) is 27.9. The monoisotopic (exact) mass is 534 g/mol. The molecule has 0 aromatic heterocycles. The zero-order valence-electron chi connectivity index (χ0n) is 21.0. The van der Waals surface area contributed by atoms with Crippen LogP contribution in [0.1, 0.15) is 60.5 Å². The minimum atomic E-state index is -4.98. The summed E-state index contributed by atoms with van der Waals surface area (Å²) in [5.74, 6) is -4.43. The Morgan fingerprint density at radius 1 is 1.00 bits per heavy atom. The summed E-state index contributed by atoms with van der Waals surface area (Å²) in [6.07, 6.45) is -4.88. The molecule has 0 spiro atoms. The number of rotatable bonds is 6. The predicted molar refractivity (Wildman–Crippen MR) is 126 cm³/mol. The van der Waals surface area contributed by atoms with Gasteiger partial charge in [0, 0.05) is 12.0 Å². The van der Waals surface area contributed by atoms with Gasteiger partial charge < -0.3 is 9.57 Å². The summed E-state index contributed by atoms with van der Waals surface area (Å²) in [6.45, 7) is 11.1. The lowest BCUT2D eigenvalue weighted by molar-refractivity contribution is -0.157. The van der Waals surface area contributed by atoms with Gasteiger partial charge in [0.2, 0.25) is 10.0 Å². The number of allylic oxidation sites excluding steroid dienone is 1. The van der Waals surface area contributed by atoms with Crippen molar-refractivity contribution in [1.82, 2.24) is 0 Å². The summed E-state index contributed by atoms with van der Waals surface area (Å²) < 4.78 is 69.1. The number of sulfonamides is 1. The van der Waals surface area contributed by atoms with Crippen molar-refractivity contribution in [2.24, 2.45) is 10.8 Å². The van der Waals surface area contributed by atoms with Gasteiger partial charge in [-0.1, -0.05) is 6.92 Å². The fourth-order valence-corrected chi connectivity index (χ4v) is 3.87. The minimum Gasteiger partial charge on any atom is -0.430 e. The van der Waals surface area contributed by atoms with E-state index in [2.05, 4.69) is 0 Å². The number of benzene rings is 1. The van der Waals surface area contributed by atoms with Gasteiger partial charge in [0.25, 0.3) is 5.91 Å². The quantitative estimate of drug-likeness (QED) is 0.323. The number of hydrogen-bond acceptors (Lipinski definition) is 7. The maximum Gasteiger partial charge on any atom is 0.404 e. The van der Waals surface area contributed by atoms with E-state index in [4.69, 9.17) is 9.57 Å². The van der Waals surface area contributed by atoms with Crippen molar-refractivity contribution in [2.45, 2.75) is 61.1 Å². The third kappa shape index (κ3) is 6.99. The first kappa shape index (κ1) is 29.1. The molecule has 2 rings (SSSR count). The lowest BCUT2D eigenvalue weighted by atomic mass is 9.97. The number of fused-ring (bicyclic) bond motifs is 1. The molecule has 0 atom stereocenters. The molecular weight excluding hydrogens is 505 g/mol. The Morgan fingerprint density at radius 2 is 1.56 bits per heavy atom. The van der Waals surface area contributed by atoms with E-state index in [1.807, 2.05) is 0 Å². The highest BCUT2D eigenvalue weighted by molar-refractivity contribution is 7.92. The van der Waals surface area contributed by atoms with Crippen LogP contribution in [-0.4, -0.2) is 38.2 Å². The molecule has 1 N–H and O–H groups in total.